The van der Waals surface area contributed by atoms with Gasteiger partial charge in [-0.05, 0) is 49.1 Å². The van der Waals surface area contributed by atoms with Crippen LogP contribution in [0.15, 0.2) is 42.5 Å². The van der Waals surface area contributed by atoms with Gasteiger partial charge in [0.15, 0.2) is 11.5 Å². The van der Waals surface area contributed by atoms with Gasteiger partial charge in [-0.1, -0.05) is 12.1 Å². The molecule has 1 heterocycles. The lowest BCUT2D eigenvalue weighted by molar-refractivity contribution is -0.136. The van der Waals surface area contributed by atoms with Gasteiger partial charge in [0.25, 0.3) is 0 Å². The molecule has 1 saturated heterocycles. The van der Waals surface area contributed by atoms with E-state index in [4.69, 9.17) is 9.47 Å². The normalized spacial score (nSPS) is 13.1. The van der Waals surface area contributed by atoms with Crippen molar-refractivity contribution in [2.45, 2.75) is 19.3 Å². The summed E-state index contributed by atoms with van der Waals surface area (Å²) in [6.07, 6.45) is 3.16. The van der Waals surface area contributed by atoms with E-state index in [0.29, 0.717) is 30.2 Å². The van der Waals surface area contributed by atoms with Crippen molar-refractivity contribution in [3.05, 3.63) is 48.0 Å². The Hall–Kier alpha value is -3.22. The molecule has 7 heteroatoms. The number of carbonyl (C=O) groups is 2. The quantitative estimate of drug-likeness (QED) is 0.702. The van der Waals surface area contributed by atoms with Gasteiger partial charge in [0, 0.05) is 37.1 Å². The van der Waals surface area contributed by atoms with Crippen molar-refractivity contribution < 1.29 is 19.1 Å². The minimum atomic E-state index is -0.721. The predicted octanol–water partition coefficient (Wildman–Crippen LogP) is 2.60. The monoisotopic (exact) mass is 397 g/mol. The summed E-state index contributed by atoms with van der Waals surface area (Å²) < 4.78 is 10.3. The van der Waals surface area contributed by atoms with Gasteiger partial charge in [0.1, 0.15) is 0 Å². The number of anilines is 2. The summed E-state index contributed by atoms with van der Waals surface area (Å²) >= 11 is 0. The Morgan fingerprint density at radius 1 is 0.931 bits per heavy atom. The number of ether oxygens (including phenoxy) is 2. The molecular formula is C22H27N3O4. The highest BCUT2D eigenvalue weighted by Crippen LogP contribution is 2.29. The molecule has 2 aromatic rings. The van der Waals surface area contributed by atoms with E-state index in [-0.39, 0.29) is 0 Å². The fourth-order valence-electron chi connectivity index (χ4n) is 3.35. The maximum Gasteiger partial charge on any atom is 0.313 e. The molecular weight excluding hydrogens is 370 g/mol. The summed E-state index contributed by atoms with van der Waals surface area (Å²) in [5.74, 6) is -0.371. The molecule has 0 unspecified atom stereocenters. The third kappa shape index (κ3) is 5.40. The Morgan fingerprint density at radius 2 is 1.62 bits per heavy atom. The maximum atomic E-state index is 12.1. The van der Waals surface area contributed by atoms with Crippen LogP contribution in [0.3, 0.4) is 0 Å². The van der Waals surface area contributed by atoms with E-state index in [1.807, 2.05) is 0 Å². The van der Waals surface area contributed by atoms with Crippen molar-refractivity contribution in [1.29, 1.82) is 0 Å². The molecule has 154 valence electrons. The molecule has 0 bridgehead atoms. The summed E-state index contributed by atoms with van der Waals surface area (Å²) in [7, 11) is 3.04. The highest BCUT2D eigenvalue weighted by Gasteiger charge is 2.15. The fraction of sp³-hybridized carbons (Fsp3) is 0.364. The van der Waals surface area contributed by atoms with Gasteiger partial charge in [0.05, 0.1) is 14.2 Å². The molecule has 1 aliphatic rings. The summed E-state index contributed by atoms with van der Waals surface area (Å²) in [5.41, 5.74) is 2.82. The number of carbonyl (C=O) groups excluding carboxylic acids is 2. The predicted molar refractivity (Wildman–Crippen MR) is 113 cm³/mol. The van der Waals surface area contributed by atoms with E-state index in [0.717, 1.165) is 18.7 Å². The molecule has 29 heavy (non-hydrogen) atoms. The van der Waals surface area contributed by atoms with Crippen LogP contribution >= 0.6 is 0 Å². The lowest BCUT2D eigenvalue weighted by atomic mass is 10.1. The average Bonchev–Trinajstić information content (AvgIpc) is 3.29. The van der Waals surface area contributed by atoms with Crippen LogP contribution in [0.4, 0.5) is 11.4 Å². The maximum absolute atomic E-state index is 12.1. The van der Waals surface area contributed by atoms with Crippen molar-refractivity contribution in [1.82, 2.24) is 5.32 Å². The van der Waals surface area contributed by atoms with Crippen molar-refractivity contribution in [2.75, 3.05) is 44.1 Å². The second-order valence-electron chi connectivity index (χ2n) is 6.89. The zero-order valence-corrected chi connectivity index (χ0v) is 16.9. The molecule has 0 radical (unpaired) electrons. The average molecular weight is 397 g/mol. The van der Waals surface area contributed by atoms with Crippen LogP contribution in [0.5, 0.6) is 11.5 Å². The van der Waals surface area contributed by atoms with Crippen LogP contribution in [0.1, 0.15) is 18.4 Å². The lowest BCUT2D eigenvalue weighted by Crippen LogP contribution is -2.36. The van der Waals surface area contributed by atoms with Crippen molar-refractivity contribution in [2.24, 2.45) is 0 Å². The summed E-state index contributed by atoms with van der Waals surface area (Å²) in [6, 6.07) is 13.3. The van der Waals surface area contributed by atoms with Gasteiger partial charge >= 0.3 is 11.8 Å². The van der Waals surface area contributed by atoms with Crippen molar-refractivity contribution >= 4 is 23.2 Å². The Kier molecular flexibility index (Phi) is 6.94. The SMILES string of the molecule is COc1ccc(NC(=O)C(=O)NCCc2ccc(N3CCCC3)cc2)cc1OC. The van der Waals surface area contributed by atoms with Gasteiger partial charge in [-0.25, -0.2) is 0 Å². The molecule has 0 atom stereocenters. The molecule has 0 spiro atoms. The first-order valence-corrected chi connectivity index (χ1v) is 9.76. The number of rotatable bonds is 7. The van der Waals surface area contributed by atoms with Crippen LogP contribution in [-0.4, -0.2) is 45.7 Å². The zero-order chi connectivity index (χ0) is 20.6. The number of amides is 2. The number of nitrogens with zero attached hydrogens (tertiary/aromatic N) is 1. The van der Waals surface area contributed by atoms with Crippen LogP contribution < -0.4 is 25.0 Å². The van der Waals surface area contributed by atoms with E-state index in [1.165, 1.54) is 32.7 Å². The highest BCUT2D eigenvalue weighted by molar-refractivity contribution is 6.39. The Bertz CT molecular complexity index is 846. The molecule has 1 aliphatic heterocycles. The van der Waals surface area contributed by atoms with Crippen LogP contribution in [0.2, 0.25) is 0 Å². The van der Waals surface area contributed by atoms with Crippen LogP contribution in [0.25, 0.3) is 0 Å². The fourth-order valence-corrected chi connectivity index (χ4v) is 3.35. The van der Waals surface area contributed by atoms with Crippen molar-refractivity contribution in [3.63, 3.8) is 0 Å². The second-order valence-corrected chi connectivity index (χ2v) is 6.89. The highest BCUT2D eigenvalue weighted by atomic mass is 16.5. The van der Waals surface area contributed by atoms with Crippen molar-refractivity contribution in [3.8, 4) is 11.5 Å². The molecule has 1 fully saturated rings. The number of hydrogen-bond donors (Lipinski definition) is 2. The van der Waals surface area contributed by atoms with E-state index in [2.05, 4.69) is 39.8 Å². The molecule has 0 aliphatic carbocycles. The van der Waals surface area contributed by atoms with Gasteiger partial charge in [-0.15, -0.1) is 0 Å². The van der Waals surface area contributed by atoms with Gasteiger partial charge in [-0.2, -0.15) is 0 Å². The number of methoxy groups -OCH3 is 2. The smallest absolute Gasteiger partial charge is 0.313 e. The molecule has 2 N–H and O–H groups in total. The molecule has 2 amide bonds. The standard InChI is InChI=1S/C22H27N3O4/c1-28-19-10-7-17(15-20(19)29-2)24-22(27)21(26)23-12-11-16-5-8-18(9-6-16)25-13-3-4-14-25/h5-10,15H,3-4,11-14H2,1-2H3,(H,23,26)(H,24,27). The molecule has 0 saturated carbocycles. The minimum Gasteiger partial charge on any atom is -0.493 e. The molecule has 7 nitrogen and oxygen atoms in total. The summed E-state index contributed by atoms with van der Waals surface area (Å²) in [5, 5.41) is 5.22. The Labute approximate surface area is 171 Å². The summed E-state index contributed by atoms with van der Waals surface area (Å²) in [6.45, 7) is 2.62. The minimum absolute atomic E-state index is 0.390. The first kappa shape index (κ1) is 20.5. The third-order valence-electron chi connectivity index (χ3n) is 4.95. The van der Waals surface area contributed by atoms with Gasteiger partial charge in [-0.3, -0.25) is 9.59 Å². The van der Waals surface area contributed by atoms with Crippen LogP contribution in [0, 0.1) is 0 Å². The zero-order valence-electron chi connectivity index (χ0n) is 16.9. The largest absolute Gasteiger partial charge is 0.493 e. The second kappa shape index (κ2) is 9.82. The molecule has 0 aromatic heterocycles. The van der Waals surface area contributed by atoms with E-state index < -0.39 is 11.8 Å². The number of nitrogens with one attached hydrogen (secondary N) is 2. The van der Waals surface area contributed by atoms with Crippen LogP contribution in [-0.2, 0) is 16.0 Å². The van der Waals surface area contributed by atoms with E-state index in [9.17, 15) is 9.59 Å². The van der Waals surface area contributed by atoms with E-state index in [1.54, 1.807) is 18.2 Å². The number of benzene rings is 2. The van der Waals surface area contributed by atoms with E-state index >= 15 is 0 Å². The first-order chi connectivity index (χ1) is 14.1. The van der Waals surface area contributed by atoms with Gasteiger partial charge in [0.2, 0.25) is 0 Å². The molecule has 3 rings (SSSR count). The molecule has 2 aromatic carbocycles. The Morgan fingerprint density at radius 3 is 2.28 bits per heavy atom. The topological polar surface area (TPSA) is 79.9 Å². The Balaban J connectivity index is 1.46. The van der Waals surface area contributed by atoms with Gasteiger partial charge < -0.3 is 25.0 Å². The number of hydrogen-bond acceptors (Lipinski definition) is 5. The third-order valence-corrected chi connectivity index (χ3v) is 4.95. The first-order valence-electron chi connectivity index (χ1n) is 9.76. The lowest BCUT2D eigenvalue weighted by Gasteiger charge is -2.17. The summed E-state index contributed by atoms with van der Waals surface area (Å²) in [4.78, 5) is 26.5.